The van der Waals surface area contributed by atoms with Crippen molar-refractivity contribution in [1.29, 1.82) is 0 Å². The highest BCUT2D eigenvalue weighted by Crippen LogP contribution is 2.10. The van der Waals surface area contributed by atoms with Crippen LogP contribution in [0.1, 0.15) is 5.82 Å². The Bertz CT molecular complexity index is 311. The summed E-state index contributed by atoms with van der Waals surface area (Å²) in [5.41, 5.74) is 0. The molecule has 1 N–H and O–H groups in total. The number of nitrogens with one attached hydrogen (secondary N) is 1. The van der Waals surface area contributed by atoms with Crippen LogP contribution in [-0.4, -0.2) is 23.3 Å². The van der Waals surface area contributed by atoms with Crippen molar-refractivity contribution in [2.75, 3.05) is 13.4 Å². The number of thioether (sulfide) groups is 1. The van der Waals surface area contributed by atoms with Gasteiger partial charge >= 0.3 is 0 Å². The lowest BCUT2D eigenvalue weighted by atomic mass is 10.5. The number of H-pyrrole nitrogens is 1. The molecule has 0 aliphatic carbocycles. The number of nitrogens with zero attached hydrogens (tertiary/aromatic N) is 1. The maximum Gasteiger partial charge on any atom is 0.171 e. The summed E-state index contributed by atoms with van der Waals surface area (Å²) in [6.45, 7) is 0. The molecule has 1 rings (SSSR count). The molecule has 0 unspecified atom stereocenters. The van der Waals surface area contributed by atoms with E-state index < -0.39 is 0 Å². The normalized spacial score (nSPS) is 9.83. The van der Waals surface area contributed by atoms with Crippen molar-refractivity contribution in [2.45, 2.75) is 5.75 Å². The first-order valence-electron chi connectivity index (χ1n) is 3.39. The van der Waals surface area contributed by atoms with E-state index >= 15 is 0 Å². The number of hydrogen-bond acceptors (Lipinski definition) is 4. The Morgan fingerprint density at radius 1 is 1.75 bits per heavy atom. The van der Waals surface area contributed by atoms with Crippen LogP contribution in [0, 0.1) is 4.64 Å². The van der Waals surface area contributed by atoms with E-state index in [2.05, 4.69) is 9.97 Å². The molecule has 0 fully saturated rings. The standard InChI is InChI=1S/C7H10N2OS2/c1-10-5-3-8-6(4-12-2)9-7(5)11/h3H,4H2,1-2H3,(H,8,9,11). The molecule has 0 amide bonds. The van der Waals surface area contributed by atoms with E-state index in [4.69, 9.17) is 17.0 Å². The first-order valence-corrected chi connectivity index (χ1v) is 5.19. The fourth-order valence-electron chi connectivity index (χ4n) is 0.776. The number of rotatable bonds is 3. The molecule has 3 nitrogen and oxygen atoms in total. The summed E-state index contributed by atoms with van der Waals surface area (Å²) >= 11 is 6.72. The molecule has 1 heterocycles. The second-order valence-corrected chi connectivity index (χ2v) is 3.43. The van der Waals surface area contributed by atoms with Crippen molar-refractivity contribution < 1.29 is 4.74 Å². The molecule has 0 radical (unpaired) electrons. The molecule has 0 aliphatic rings. The molecule has 0 aromatic carbocycles. The highest BCUT2D eigenvalue weighted by atomic mass is 32.2. The zero-order valence-electron chi connectivity index (χ0n) is 6.96. The van der Waals surface area contributed by atoms with Crippen molar-refractivity contribution in [3.05, 3.63) is 16.7 Å². The Balaban J connectivity index is 2.94. The molecule has 5 heteroatoms. The summed E-state index contributed by atoms with van der Waals surface area (Å²) < 4.78 is 5.58. The predicted octanol–water partition coefficient (Wildman–Crippen LogP) is 2.01. The van der Waals surface area contributed by atoms with Gasteiger partial charge in [-0.2, -0.15) is 11.8 Å². The third-order valence-corrected chi connectivity index (χ3v) is 2.19. The summed E-state index contributed by atoms with van der Waals surface area (Å²) in [7, 11) is 1.58. The maximum absolute atomic E-state index is 5.02. The van der Waals surface area contributed by atoms with Crippen LogP contribution in [-0.2, 0) is 5.75 Å². The number of aromatic amines is 1. The van der Waals surface area contributed by atoms with Gasteiger partial charge in [-0.05, 0) is 6.26 Å². The minimum atomic E-state index is 0.608. The summed E-state index contributed by atoms with van der Waals surface area (Å²) in [5, 5.41) is 0. The van der Waals surface area contributed by atoms with Gasteiger partial charge in [-0.1, -0.05) is 12.2 Å². The lowest BCUT2D eigenvalue weighted by molar-refractivity contribution is 0.408. The van der Waals surface area contributed by atoms with Crippen LogP contribution >= 0.6 is 24.0 Å². The minimum Gasteiger partial charge on any atom is -0.492 e. The Labute approximate surface area is 80.6 Å². The van der Waals surface area contributed by atoms with Crippen LogP contribution in [0.4, 0.5) is 0 Å². The van der Waals surface area contributed by atoms with Crippen molar-refractivity contribution in [3.8, 4) is 5.75 Å². The van der Waals surface area contributed by atoms with Crippen molar-refractivity contribution in [1.82, 2.24) is 9.97 Å². The van der Waals surface area contributed by atoms with E-state index in [1.807, 2.05) is 6.26 Å². The monoisotopic (exact) mass is 202 g/mol. The molecular formula is C7H10N2OS2. The van der Waals surface area contributed by atoms with Crippen LogP contribution in [0.3, 0.4) is 0 Å². The lowest BCUT2D eigenvalue weighted by Gasteiger charge is -2.01. The average Bonchev–Trinajstić information content (AvgIpc) is 2.05. The van der Waals surface area contributed by atoms with Gasteiger partial charge in [-0.15, -0.1) is 0 Å². The topological polar surface area (TPSA) is 37.9 Å². The van der Waals surface area contributed by atoms with E-state index in [1.165, 1.54) is 0 Å². The van der Waals surface area contributed by atoms with Gasteiger partial charge in [0.05, 0.1) is 19.1 Å². The molecular weight excluding hydrogens is 192 g/mol. The number of hydrogen-bond donors (Lipinski definition) is 1. The van der Waals surface area contributed by atoms with Crippen LogP contribution in [0.2, 0.25) is 0 Å². The second kappa shape index (κ2) is 4.47. The van der Waals surface area contributed by atoms with Gasteiger partial charge in [0.25, 0.3) is 0 Å². The SMILES string of the molecule is COc1cnc(CSC)[nH]c1=S. The molecule has 0 bridgehead atoms. The molecule has 12 heavy (non-hydrogen) atoms. The smallest absolute Gasteiger partial charge is 0.171 e. The highest BCUT2D eigenvalue weighted by Gasteiger charge is 1.97. The van der Waals surface area contributed by atoms with Gasteiger partial charge in [0, 0.05) is 0 Å². The largest absolute Gasteiger partial charge is 0.492 e. The van der Waals surface area contributed by atoms with E-state index in [0.29, 0.717) is 10.4 Å². The molecule has 0 saturated heterocycles. The van der Waals surface area contributed by atoms with Gasteiger partial charge in [-0.3, -0.25) is 0 Å². The Morgan fingerprint density at radius 2 is 2.50 bits per heavy atom. The van der Waals surface area contributed by atoms with Crippen LogP contribution in [0.25, 0.3) is 0 Å². The van der Waals surface area contributed by atoms with Crippen LogP contribution in [0.5, 0.6) is 5.75 Å². The van der Waals surface area contributed by atoms with Crippen LogP contribution < -0.4 is 4.74 Å². The zero-order chi connectivity index (χ0) is 8.97. The molecule has 66 valence electrons. The van der Waals surface area contributed by atoms with Gasteiger partial charge in [0.15, 0.2) is 5.75 Å². The average molecular weight is 202 g/mol. The second-order valence-electron chi connectivity index (χ2n) is 2.16. The van der Waals surface area contributed by atoms with E-state index in [-0.39, 0.29) is 0 Å². The fourth-order valence-corrected chi connectivity index (χ4v) is 1.45. The molecule has 0 saturated carbocycles. The minimum absolute atomic E-state index is 0.608. The highest BCUT2D eigenvalue weighted by molar-refractivity contribution is 7.97. The zero-order valence-corrected chi connectivity index (χ0v) is 8.59. The van der Waals surface area contributed by atoms with Gasteiger partial charge in [0.1, 0.15) is 10.5 Å². The third kappa shape index (κ3) is 2.22. The van der Waals surface area contributed by atoms with E-state index in [9.17, 15) is 0 Å². The third-order valence-electron chi connectivity index (χ3n) is 1.32. The molecule has 1 aromatic heterocycles. The maximum atomic E-state index is 5.02. The first-order chi connectivity index (χ1) is 5.77. The Kier molecular flexibility index (Phi) is 3.55. The quantitative estimate of drug-likeness (QED) is 0.761. The van der Waals surface area contributed by atoms with Gasteiger partial charge in [-0.25, -0.2) is 4.98 Å². The van der Waals surface area contributed by atoms with Crippen molar-refractivity contribution >= 4 is 24.0 Å². The van der Waals surface area contributed by atoms with Crippen molar-refractivity contribution in [2.24, 2.45) is 0 Å². The van der Waals surface area contributed by atoms with Crippen molar-refractivity contribution in [3.63, 3.8) is 0 Å². The molecule has 0 spiro atoms. The Morgan fingerprint density at radius 3 is 3.00 bits per heavy atom. The Hall–Kier alpha value is -0.550. The summed E-state index contributed by atoms with van der Waals surface area (Å²) in [4.78, 5) is 7.12. The predicted molar refractivity (Wildman–Crippen MR) is 53.2 cm³/mol. The van der Waals surface area contributed by atoms with E-state index in [1.54, 1.807) is 25.1 Å². The fraction of sp³-hybridized carbons (Fsp3) is 0.429. The van der Waals surface area contributed by atoms with E-state index in [0.717, 1.165) is 11.6 Å². The lowest BCUT2D eigenvalue weighted by Crippen LogP contribution is -1.94. The van der Waals surface area contributed by atoms with Crippen LogP contribution in [0.15, 0.2) is 6.20 Å². The van der Waals surface area contributed by atoms with Gasteiger partial charge in [0.2, 0.25) is 0 Å². The summed E-state index contributed by atoms with van der Waals surface area (Å²) in [5.74, 6) is 2.34. The first kappa shape index (κ1) is 9.54. The summed E-state index contributed by atoms with van der Waals surface area (Å²) in [6, 6.07) is 0. The number of aromatic nitrogens is 2. The molecule has 0 atom stereocenters. The molecule has 0 aliphatic heterocycles. The molecule has 1 aromatic rings. The number of methoxy groups -OCH3 is 1. The number of ether oxygens (including phenoxy) is 1. The summed E-state index contributed by atoms with van der Waals surface area (Å²) in [6.07, 6.45) is 3.66. The van der Waals surface area contributed by atoms with Gasteiger partial charge < -0.3 is 9.72 Å².